The van der Waals surface area contributed by atoms with E-state index in [9.17, 15) is 26.0 Å². The highest BCUT2D eigenvalue weighted by atomic mass is 32.2. The third kappa shape index (κ3) is 6.68. The number of pyridine rings is 1. The van der Waals surface area contributed by atoms with Gasteiger partial charge in [-0.3, -0.25) is 4.72 Å². The summed E-state index contributed by atoms with van der Waals surface area (Å²) in [5, 5.41) is 6.32. The van der Waals surface area contributed by atoms with E-state index < -0.39 is 39.6 Å². The fourth-order valence-corrected chi connectivity index (χ4v) is 5.68. The molecule has 42 heavy (non-hydrogen) atoms. The molecule has 1 aliphatic rings. The quantitative estimate of drug-likeness (QED) is 0.229. The largest absolute Gasteiger partial charge is 0.437 e. The lowest BCUT2D eigenvalue weighted by molar-refractivity contribution is -0.106. The summed E-state index contributed by atoms with van der Waals surface area (Å²) in [6.07, 6.45) is -2.77. The van der Waals surface area contributed by atoms with E-state index >= 15 is 4.39 Å². The van der Waals surface area contributed by atoms with Crippen molar-refractivity contribution in [2.75, 3.05) is 28.9 Å². The molecule has 3 heterocycles. The molecule has 0 amide bonds. The Morgan fingerprint density at radius 3 is 2.55 bits per heavy atom. The summed E-state index contributed by atoms with van der Waals surface area (Å²) in [6.45, 7) is 2.13. The number of hydrogen-bond donors (Lipinski definition) is 3. The van der Waals surface area contributed by atoms with Crippen molar-refractivity contribution in [3.05, 3.63) is 66.2 Å². The summed E-state index contributed by atoms with van der Waals surface area (Å²) in [7, 11) is -4.97. The highest BCUT2D eigenvalue weighted by Gasteiger charge is 2.36. The zero-order valence-electron chi connectivity index (χ0n) is 22.0. The Morgan fingerprint density at radius 2 is 1.81 bits per heavy atom. The number of sulfonamides is 1. The van der Waals surface area contributed by atoms with Crippen LogP contribution >= 0.6 is 0 Å². The third-order valence-electron chi connectivity index (χ3n) is 6.47. The normalized spacial score (nSPS) is 17.7. The topological polar surface area (TPSA) is 118 Å². The predicted molar refractivity (Wildman–Crippen MR) is 147 cm³/mol. The first kappa shape index (κ1) is 29.4. The average Bonchev–Trinajstić information content (AvgIpc) is 2.92. The van der Waals surface area contributed by atoms with Gasteiger partial charge in [0.05, 0.1) is 16.9 Å². The maximum absolute atomic E-state index is 15.6. The van der Waals surface area contributed by atoms with Crippen LogP contribution in [0.2, 0.25) is 0 Å². The fraction of sp³-hybridized carbons (Fsp3) is 0.296. The first-order chi connectivity index (χ1) is 19.9. The van der Waals surface area contributed by atoms with Crippen LogP contribution in [0.3, 0.4) is 0 Å². The Kier molecular flexibility index (Phi) is 8.14. The van der Waals surface area contributed by atoms with Gasteiger partial charge in [0.1, 0.15) is 11.9 Å². The van der Waals surface area contributed by atoms with E-state index in [1.807, 2.05) is 0 Å². The van der Waals surface area contributed by atoms with E-state index in [0.29, 0.717) is 24.2 Å². The molecule has 0 aliphatic carbocycles. The summed E-state index contributed by atoms with van der Waals surface area (Å²) in [6, 6.07) is 10.6. The van der Waals surface area contributed by atoms with Crippen LogP contribution in [0.5, 0.6) is 11.6 Å². The molecule has 222 valence electrons. The van der Waals surface area contributed by atoms with E-state index in [2.05, 4.69) is 25.6 Å². The van der Waals surface area contributed by atoms with Crippen LogP contribution in [-0.4, -0.2) is 60.6 Å². The van der Waals surface area contributed by atoms with Gasteiger partial charge in [-0.05, 0) is 25.1 Å². The molecule has 0 saturated carbocycles. The first-order valence-electron chi connectivity index (χ1n) is 12.8. The molecule has 0 bridgehead atoms. The van der Waals surface area contributed by atoms with E-state index in [-0.39, 0.29) is 46.5 Å². The predicted octanol–water partition coefficient (Wildman–Crippen LogP) is 5.35. The molecule has 5 rings (SSSR count). The molecule has 2 atom stereocenters. The van der Waals surface area contributed by atoms with Gasteiger partial charge in [-0.1, -0.05) is 24.3 Å². The van der Waals surface area contributed by atoms with Crippen LogP contribution in [-0.2, 0) is 10.0 Å². The highest BCUT2D eigenvalue weighted by Crippen LogP contribution is 2.42. The Balaban J connectivity index is 1.51. The number of alkyl halides is 4. The number of nitrogens with one attached hydrogen (secondary N) is 3. The standard InChI is InChI=1S/C27H25F5N6O3S/c1-15-22(29)23(38-42(39,40)14-27(30,31)32)18-5-2-3-6-19(18)24(15)41-25-20(7-4-9-34-25)21-8-10-35-26(37-21)36-17-11-16(28)12-33-13-17/h2-10,16-17,33,38H,11-14H2,1H3,(H,35,36,37)/t16-,17-/m1/s1. The number of fused-ring (bicyclic) bond motifs is 1. The monoisotopic (exact) mass is 608 g/mol. The van der Waals surface area contributed by atoms with E-state index in [1.54, 1.807) is 29.0 Å². The Bertz CT molecular complexity index is 1720. The van der Waals surface area contributed by atoms with Crippen molar-refractivity contribution in [2.45, 2.75) is 31.7 Å². The smallest absolute Gasteiger partial charge is 0.404 e. The van der Waals surface area contributed by atoms with Gasteiger partial charge < -0.3 is 15.4 Å². The van der Waals surface area contributed by atoms with Gasteiger partial charge in [0.2, 0.25) is 21.9 Å². The maximum atomic E-state index is 15.6. The third-order valence-corrected chi connectivity index (χ3v) is 7.70. The second-order valence-corrected chi connectivity index (χ2v) is 11.4. The highest BCUT2D eigenvalue weighted by molar-refractivity contribution is 7.92. The van der Waals surface area contributed by atoms with Crippen molar-refractivity contribution >= 4 is 32.4 Å². The number of piperidine rings is 1. The van der Waals surface area contributed by atoms with E-state index in [1.165, 1.54) is 37.5 Å². The second kappa shape index (κ2) is 11.6. The minimum atomic E-state index is -5.02. The van der Waals surface area contributed by atoms with Crippen LogP contribution in [0.15, 0.2) is 54.9 Å². The van der Waals surface area contributed by atoms with E-state index in [4.69, 9.17) is 4.74 Å². The van der Waals surface area contributed by atoms with Crippen LogP contribution in [0, 0.1) is 12.7 Å². The molecule has 2 aromatic carbocycles. The molecule has 2 aromatic heterocycles. The van der Waals surface area contributed by atoms with Crippen LogP contribution in [0.25, 0.3) is 22.0 Å². The molecule has 1 aliphatic heterocycles. The molecule has 1 fully saturated rings. The fourth-order valence-electron chi connectivity index (χ4n) is 4.67. The molecule has 15 heteroatoms. The van der Waals surface area contributed by atoms with Crippen molar-refractivity contribution in [3.8, 4) is 22.9 Å². The number of anilines is 2. The van der Waals surface area contributed by atoms with Gasteiger partial charge in [0, 0.05) is 54.3 Å². The number of nitrogens with zero attached hydrogens (tertiary/aromatic N) is 3. The van der Waals surface area contributed by atoms with Crippen molar-refractivity contribution in [3.63, 3.8) is 0 Å². The first-order valence-corrected chi connectivity index (χ1v) is 14.4. The molecule has 4 aromatic rings. The summed E-state index contributed by atoms with van der Waals surface area (Å²) < 4.78 is 100. The lowest BCUT2D eigenvalue weighted by Gasteiger charge is -2.26. The summed E-state index contributed by atoms with van der Waals surface area (Å²) in [5.74, 6) is -3.01. The number of aromatic nitrogens is 3. The molecule has 0 spiro atoms. The number of halogens is 5. The summed E-state index contributed by atoms with van der Waals surface area (Å²) in [5.41, 5.74) is 0.0212. The average molecular weight is 609 g/mol. The van der Waals surface area contributed by atoms with Gasteiger partial charge in [-0.25, -0.2) is 32.2 Å². The van der Waals surface area contributed by atoms with Crippen LogP contribution < -0.4 is 20.1 Å². The van der Waals surface area contributed by atoms with Crippen molar-refractivity contribution in [1.29, 1.82) is 0 Å². The zero-order chi connectivity index (χ0) is 30.1. The second-order valence-electron chi connectivity index (χ2n) is 9.72. The lowest BCUT2D eigenvalue weighted by Crippen LogP contribution is -2.44. The molecular formula is C27H25F5N6O3S. The summed E-state index contributed by atoms with van der Waals surface area (Å²) >= 11 is 0. The Hall–Kier alpha value is -4.11. The van der Waals surface area contributed by atoms with Gasteiger partial charge >= 0.3 is 6.18 Å². The lowest BCUT2D eigenvalue weighted by atomic mass is 10.0. The SMILES string of the molecule is Cc1c(F)c(NS(=O)(=O)CC(F)(F)F)c2ccccc2c1Oc1ncccc1-c1ccnc(N[C@H]2CNC[C@H](F)C2)n1. The van der Waals surface area contributed by atoms with Crippen LogP contribution in [0.4, 0.5) is 33.6 Å². The molecule has 0 radical (unpaired) electrons. The van der Waals surface area contributed by atoms with Gasteiger partial charge in [-0.2, -0.15) is 13.2 Å². The minimum Gasteiger partial charge on any atom is -0.437 e. The van der Waals surface area contributed by atoms with Crippen molar-refractivity contribution < 1.29 is 35.1 Å². The van der Waals surface area contributed by atoms with Gasteiger partial charge in [0.15, 0.2) is 11.6 Å². The molecule has 1 saturated heterocycles. The Labute approximate surface area is 237 Å². The molecular weight excluding hydrogens is 583 g/mol. The minimum absolute atomic E-state index is 0.0142. The molecule has 3 N–H and O–H groups in total. The molecule has 0 unspecified atom stereocenters. The number of ether oxygens (including phenoxy) is 1. The van der Waals surface area contributed by atoms with Gasteiger partial charge in [0.25, 0.3) is 0 Å². The van der Waals surface area contributed by atoms with E-state index in [0.717, 1.165) is 0 Å². The number of rotatable bonds is 8. The number of benzene rings is 2. The van der Waals surface area contributed by atoms with Crippen molar-refractivity contribution in [2.24, 2.45) is 0 Å². The number of hydrogen-bond acceptors (Lipinski definition) is 8. The van der Waals surface area contributed by atoms with Crippen LogP contribution in [0.1, 0.15) is 12.0 Å². The van der Waals surface area contributed by atoms with Gasteiger partial charge in [-0.15, -0.1) is 0 Å². The molecule has 9 nitrogen and oxygen atoms in total. The zero-order valence-corrected chi connectivity index (χ0v) is 22.9. The maximum Gasteiger partial charge on any atom is 0.404 e. The summed E-state index contributed by atoms with van der Waals surface area (Å²) in [4.78, 5) is 13.0. The Morgan fingerprint density at radius 1 is 1.05 bits per heavy atom. The van der Waals surface area contributed by atoms with Crippen molar-refractivity contribution in [1.82, 2.24) is 20.3 Å².